The van der Waals surface area contributed by atoms with Gasteiger partial charge in [0.25, 0.3) is 0 Å². The second-order valence-electron chi connectivity index (χ2n) is 6.75. The molecular weight excluding hydrogens is 407 g/mol. The van der Waals surface area contributed by atoms with Crippen LogP contribution in [-0.4, -0.2) is 57.3 Å². The average molecular weight is 434 g/mol. The second kappa shape index (κ2) is 10.6. The number of hydrogen-bond acceptors (Lipinski definition) is 5. The number of benzene rings is 2. The minimum Gasteiger partial charge on any atom is -0.384 e. The first-order valence-electron chi connectivity index (χ1n) is 9.73. The maximum atomic E-state index is 12.9. The molecule has 0 fully saturated rings. The Hall–Kier alpha value is -2.35. The highest BCUT2D eigenvalue weighted by Crippen LogP contribution is 2.31. The van der Waals surface area contributed by atoms with Crippen molar-refractivity contribution in [1.29, 1.82) is 0 Å². The van der Waals surface area contributed by atoms with Gasteiger partial charge in [-0.25, -0.2) is 4.57 Å². The third-order valence-electron chi connectivity index (χ3n) is 4.81. The van der Waals surface area contributed by atoms with Crippen molar-refractivity contribution >= 4 is 25.1 Å². The van der Waals surface area contributed by atoms with Crippen molar-refractivity contribution in [3.8, 4) is 0 Å². The Morgan fingerprint density at radius 1 is 0.867 bits per heavy atom. The van der Waals surface area contributed by atoms with Gasteiger partial charge in [-0.15, -0.1) is 0 Å². The summed E-state index contributed by atoms with van der Waals surface area (Å²) in [6.07, 6.45) is 0.990. The molecule has 0 aromatic heterocycles. The summed E-state index contributed by atoms with van der Waals surface area (Å²) in [4.78, 5) is 49.6. The second-order valence-corrected chi connectivity index (χ2v) is 7.78. The topological polar surface area (TPSA) is 127 Å². The molecule has 2 aromatic carbocycles. The molecule has 1 aliphatic rings. The van der Waals surface area contributed by atoms with Gasteiger partial charge in [-0.05, 0) is 32.1 Å². The number of carbonyl (C=O) groups is 2. The standard InChI is InChI=1S/C21H24N2O2.H3O4P/c1-3-23(4-2)14-8-13-22-18-12-7-11-17-19(18)21(25)16-10-6-5-9-15(16)20(17)24;1-5(2,3)4/h5-7,9-12,22H,3-4,8,13-14H2,1-2H3;(H3,1,2,3,4). The van der Waals surface area contributed by atoms with Gasteiger partial charge in [0, 0.05) is 28.9 Å². The van der Waals surface area contributed by atoms with E-state index in [1.807, 2.05) is 12.1 Å². The normalized spacial score (nSPS) is 12.7. The summed E-state index contributed by atoms with van der Waals surface area (Å²) in [5, 5.41) is 3.36. The highest BCUT2D eigenvalue weighted by Gasteiger charge is 2.31. The van der Waals surface area contributed by atoms with Gasteiger partial charge >= 0.3 is 7.82 Å². The van der Waals surface area contributed by atoms with E-state index < -0.39 is 7.82 Å². The molecule has 0 bridgehead atoms. The van der Waals surface area contributed by atoms with Crippen molar-refractivity contribution in [2.24, 2.45) is 0 Å². The van der Waals surface area contributed by atoms with Crippen LogP contribution in [0, 0.1) is 0 Å². The zero-order valence-electron chi connectivity index (χ0n) is 17.0. The van der Waals surface area contributed by atoms with Crippen molar-refractivity contribution in [3.63, 3.8) is 0 Å². The molecule has 8 nitrogen and oxygen atoms in total. The van der Waals surface area contributed by atoms with Crippen LogP contribution in [0.25, 0.3) is 0 Å². The average Bonchev–Trinajstić information content (AvgIpc) is 2.71. The van der Waals surface area contributed by atoms with Crippen LogP contribution in [0.1, 0.15) is 52.1 Å². The van der Waals surface area contributed by atoms with Crippen molar-refractivity contribution in [2.75, 3.05) is 31.5 Å². The minimum atomic E-state index is -4.64. The van der Waals surface area contributed by atoms with Crippen LogP contribution < -0.4 is 5.32 Å². The molecule has 30 heavy (non-hydrogen) atoms. The monoisotopic (exact) mass is 434 g/mol. The lowest BCUT2D eigenvalue weighted by Gasteiger charge is -2.21. The Balaban J connectivity index is 0.000000575. The molecule has 3 rings (SSSR count). The Labute approximate surface area is 175 Å². The van der Waals surface area contributed by atoms with E-state index >= 15 is 0 Å². The van der Waals surface area contributed by atoms with Gasteiger partial charge < -0.3 is 24.9 Å². The molecule has 2 aromatic rings. The van der Waals surface area contributed by atoms with Gasteiger partial charge in [0.05, 0.1) is 5.56 Å². The minimum absolute atomic E-state index is 0.0722. The maximum absolute atomic E-state index is 12.9. The van der Waals surface area contributed by atoms with Crippen molar-refractivity contribution < 1.29 is 28.8 Å². The fraction of sp³-hybridized carbons (Fsp3) is 0.333. The molecule has 0 amide bonds. The zero-order chi connectivity index (χ0) is 22.3. The summed E-state index contributed by atoms with van der Waals surface area (Å²) in [5.74, 6) is -0.144. The smallest absolute Gasteiger partial charge is 0.384 e. The number of phosphoric acid groups is 1. The Bertz CT molecular complexity index is 944. The van der Waals surface area contributed by atoms with E-state index in [1.165, 1.54) is 0 Å². The highest BCUT2D eigenvalue weighted by atomic mass is 31.2. The molecule has 0 unspecified atom stereocenters. The van der Waals surface area contributed by atoms with Crippen LogP contribution in [0.4, 0.5) is 5.69 Å². The van der Waals surface area contributed by atoms with E-state index in [2.05, 4.69) is 24.1 Å². The van der Waals surface area contributed by atoms with E-state index in [0.29, 0.717) is 22.3 Å². The number of carbonyl (C=O) groups excluding carboxylic acids is 2. The molecule has 0 heterocycles. The molecule has 162 valence electrons. The van der Waals surface area contributed by atoms with Crippen LogP contribution in [0.2, 0.25) is 0 Å². The number of nitrogens with one attached hydrogen (secondary N) is 1. The molecule has 0 radical (unpaired) electrons. The molecule has 9 heteroatoms. The summed E-state index contributed by atoms with van der Waals surface area (Å²) in [6.45, 7) is 8.20. The maximum Gasteiger partial charge on any atom is 0.466 e. The molecule has 0 atom stereocenters. The SMILES string of the molecule is CCN(CC)CCCNc1cccc2c1C(=O)c1ccccc1C2=O.O=P(O)(O)O. The third kappa shape index (κ3) is 6.32. The van der Waals surface area contributed by atoms with Crippen molar-refractivity contribution in [3.05, 3.63) is 64.7 Å². The Morgan fingerprint density at radius 2 is 1.40 bits per heavy atom. The van der Waals surface area contributed by atoms with Crippen LogP contribution >= 0.6 is 7.82 Å². The summed E-state index contributed by atoms with van der Waals surface area (Å²) in [7, 11) is -4.64. The number of hydrogen-bond donors (Lipinski definition) is 4. The Kier molecular flexibility index (Phi) is 8.46. The molecule has 0 aliphatic heterocycles. The van der Waals surface area contributed by atoms with Crippen LogP contribution in [0.15, 0.2) is 42.5 Å². The van der Waals surface area contributed by atoms with Crippen LogP contribution in [-0.2, 0) is 4.57 Å². The number of rotatable bonds is 7. The third-order valence-corrected chi connectivity index (χ3v) is 4.81. The summed E-state index contributed by atoms with van der Waals surface area (Å²) in [6, 6.07) is 12.5. The van der Waals surface area contributed by atoms with Gasteiger partial charge in [-0.2, -0.15) is 0 Å². The van der Waals surface area contributed by atoms with Crippen LogP contribution in [0.3, 0.4) is 0 Å². The summed E-state index contributed by atoms with van der Waals surface area (Å²) in [5.41, 5.74) is 2.76. The van der Waals surface area contributed by atoms with Crippen molar-refractivity contribution in [2.45, 2.75) is 20.3 Å². The molecule has 0 spiro atoms. The van der Waals surface area contributed by atoms with E-state index in [9.17, 15) is 9.59 Å². The van der Waals surface area contributed by atoms with Crippen molar-refractivity contribution in [1.82, 2.24) is 4.90 Å². The molecule has 0 saturated heterocycles. The van der Waals surface area contributed by atoms with Gasteiger partial charge in [0.2, 0.25) is 0 Å². The molecule has 1 aliphatic carbocycles. The fourth-order valence-corrected chi connectivity index (χ4v) is 3.36. The number of nitrogens with zero attached hydrogens (tertiary/aromatic N) is 1. The molecular formula is C21H27N2O6P. The predicted octanol–water partition coefficient (Wildman–Crippen LogP) is 2.68. The van der Waals surface area contributed by atoms with Gasteiger partial charge in [0.1, 0.15) is 0 Å². The highest BCUT2D eigenvalue weighted by molar-refractivity contribution is 7.45. The Morgan fingerprint density at radius 3 is 1.97 bits per heavy atom. The number of ketones is 2. The van der Waals surface area contributed by atoms with E-state index in [4.69, 9.17) is 19.2 Å². The number of anilines is 1. The van der Waals surface area contributed by atoms with Crippen LogP contribution in [0.5, 0.6) is 0 Å². The largest absolute Gasteiger partial charge is 0.466 e. The van der Waals surface area contributed by atoms with Gasteiger partial charge in [-0.3, -0.25) is 9.59 Å². The van der Waals surface area contributed by atoms with E-state index in [1.54, 1.807) is 30.3 Å². The fourth-order valence-electron chi connectivity index (χ4n) is 3.36. The summed E-state index contributed by atoms with van der Waals surface area (Å²) < 4.78 is 8.88. The number of fused-ring (bicyclic) bond motifs is 2. The lowest BCUT2D eigenvalue weighted by atomic mass is 9.83. The molecule has 4 N–H and O–H groups in total. The first-order chi connectivity index (χ1) is 14.2. The van der Waals surface area contributed by atoms with E-state index in [-0.39, 0.29) is 11.6 Å². The van der Waals surface area contributed by atoms with E-state index in [0.717, 1.165) is 38.3 Å². The first-order valence-corrected chi connectivity index (χ1v) is 11.3. The molecule has 0 saturated carbocycles. The lowest BCUT2D eigenvalue weighted by Crippen LogP contribution is -2.26. The summed E-state index contributed by atoms with van der Waals surface area (Å²) >= 11 is 0. The quantitative estimate of drug-likeness (QED) is 0.330. The van der Waals surface area contributed by atoms with Gasteiger partial charge in [-0.1, -0.05) is 50.2 Å². The predicted molar refractivity (Wildman–Crippen MR) is 115 cm³/mol. The lowest BCUT2D eigenvalue weighted by molar-refractivity contribution is 0.0979. The van der Waals surface area contributed by atoms with Gasteiger partial charge in [0.15, 0.2) is 11.6 Å². The first kappa shape index (κ1) is 23.9. The zero-order valence-corrected chi connectivity index (χ0v) is 17.9.